The summed E-state index contributed by atoms with van der Waals surface area (Å²) in [7, 11) is 0. The predicted molar refractivity (Wildman–Crippen MR) is 159 cm³/mol. The van der Waals surface area contributed by atoms with Gasteiger partial charge in [0.1, 0.15) is 0 Å². The largest absolute Gasteiger partial charge is 0.0654 e. The normalized spacial score (nSPS) is 24.1. The molecule has 2 aliphatic rings. The first kappa shape index (κ1) is 31.2. The topological polar surface area (TPSA) is 0 Å². The minimum atomic E-state index is 0.971. The highest BCUT2D eigenvalue weighted by atomic mass is 14.4. The maximum atomic E-state index is 2.50. The van der Waals surface area contributed by atoms with Gasteiger partial charge in [-0.3, -0.25) is 0 Å². The molecule has 0 aromatic rings. The number of hydrogen-bond donors (Lipinski definition) is 0. The van der Waals surface area contributed by atoms with Gasteiger partial charge in [-0.15, -0.1) is 0 Å². The fourth-order valence-corrected chi connectivity index (χ4v) is 6.90. The molecule has 0 aromatic carbocycles. The first-order valence-electron chi connectivity index (χ1n) is 17.2. The molecule has 5 unspecified atom stereocenters. The first-order valence-corrected chi connectivity index (χ1v) is 17.2. The summed E-state index contributed by atoms with van der Waals surface area (Å²) < 4.78 is 0. The van der Waals surface area contributed by atoms with Crippen molar-refractivity contribution in [3.63, 3.8) is 0 Å². The van der Waals surface area contributed by atoms with E-state index in [-0.39, 0.29) is 0 Å². The van der Waals surface area contributed by atoms with Crippen molar-refractivity contribution in [2.45, 2.75) is 194 Å². The summed E-state index contributed by atoms with van der Waals surface area (Å²) in [6.07, 6.45) is 40.5. The maximum Gasteiger partial charge on any atom is -0.0383 e. The third-order valence-corrected chi connectivity index (χ3v) is 9.88. The number of hydrogen-bond acceptors (Lipinski definition) is 0. The Morgan fingerprint density at radius 1 is 0.429 bits per heavy atom. The Bertz CT molecular complexity index is 453. The average molecular weight is 489 g/mol. The highest BCUT2D eigenvalue weighted by Crippen LogP contribution is 2.46. The summed E-state index contributed by atoms with van der Waals surface area (Å²) in [6, 6.07) is 0. The van der Waals surface area contributed by atoms with Gasteiger partial charge in [0.25, 0.3) is 0 Å². The smallest absolute Gasteiger partial charge is 0.0383 e. The predicted octanol–water partition coefficient (Wildman–Crippen LogP) is 12.7. The highest BCUT2D eigenvalue weighted by molar-refractivity contribution is 4.86. The summed E-state index contributed by atoms with van der Waals surface area (Å²) in [6.45, 7) is 7.18. The van der Waals surface area contributed by atoms with Gasteiger partial charge in [-0.2, -0.15) is 0 Å². The summed E-state index contributed by atoms with van der Waals surface area (Å²) in [5.41, 5.74) is 0. The molecule has 0 aliphatic heterocycles. The molecule has 5 atom stereocenters. The van der Waals surface area contributed by atoms with Gasteiger partial charge in [-0.05, 0) is 42.4 Å². The van der Waals surface area contributed by atoms with E-state index in [0.717, 1.165) is 29.6 Å². The van der Waals surface area contributed by atoms with E-state index in [0.29, 0.717) is 0 Å². The SMILES string of the molecule is CCCCCCCCC(C)CCCCCCCCCC1CC1CCCCCCCCC1CC1CC. The van der Waals surface area contributed by atoms with E-state index in [4.69, 9.17) is 0 Å². The van der Waals surface area contributed by atoms with Crippen LogP contribution in [-0.4, -0.2) is 0 Å². The molecule has 0 radical (unpaired) electrons. The van der Waals surface area contributed by atoms with Crippen LogP contribution in [0.3, 0.4) is 0 Å². The monoisotopic (exact) mass is 489 g/mol. The van der Waals surface area contributed by atoms with Crippen molar-refractivity contribution in [3.05, 3.63) is 0 Å². The van der Waals surface area contributed by atoms with E-state index in [1.807, 2.05) is 0 Å². The van der Waals surface area contributed by atoms with Gasteiger partial charge >= 0.3 is 0 Å². The third kappa shape index (κ3) is 17.2. The van der Waals surface area contributed by atoms with E-state index < -0.39 is 0 Å². The molecule has 0 saturated heterocycles. The molecular weight excluding hydrogens is 420 g/mol. The van der Waals surface area contributed by atoms with Crippen molar-refractivity contribution in [1.82, 2.24) is 0 Å². The molecular formula is C35H68. The minimum absolute atomic E-state index is 0.971. The van der Waals surface area contributed by atoms with E-state index in [2.05, 4.69) is 20.8 Å². The van der Waals surface area contributed by atoms with Gasteiger partial charge in [0, 0.05) is 0 Å². The third-order valence-electron chi connectivity index (χ3n) is 9.88. The van der Waals surface area contributed by atoms with E-state index in [9.17, 15) is 0 Å². The van der Waals surface area contributed by atoms with Crippen LogP contribution in [0.4, 0.5) is 0 Å². The van der Waals surface area contributed by atoms with Crippen molar-refractivity contribution >= 4 is 0 Å². The van der Waals surface area contributed by atoms with Crippen LogP contribution in [0, 0.1) is 29.6 Å². The molecule has 2 aliphatic carbocycles. The van der Waals surface area contributed by atoms with Crippen molar-refractivity contribution in [1.29, 1.82) is 0 Å². The maximum absolute atomic E-state index is 2.50. The quantitative estimate of drug-likeness (QED) is 0.101. The standard InChI is InChI=1S/C35H68/c1-4-6-7-8-14-19-24-31(3)25-20-15-10-9-11-16-22-27-34-30-35(34)28-23-18-13-12-17-21-26-33-29-32(33)5-2/h31-35H,4-30H2,1-3H3. The van der Waals surface area contributed by atoms with Crippen LogP contribution in [0.5, 0.6) is 0 Å². The van der Waals surface area contributed by atoms with Gasteiger partial charge in [-0.1, -0.05) is 181 Å². The van der Waals surface area contributed by atoms with Gasteiger partial charge in [-0.25, -0.2) is 0 Å². The zero-order valence-corrected chi connectivity index (χ0v) is 25.0. The molecule has 0 amide bonds. The molecule has 0 bridgehead atoms. The lowest BCUT2D eigenvalue weighted by Gasteiger charge is -2.11. The molecule has 0 heteroatoms. The Hall–Kier alpha value is 0. The fourth-order valence-electron chi connectivity index (χ4n) is 6.90. The summed E-state index contributed by atoms with van der Waals surface area (Å²) in [5, 5.41) is 0. The van der Waals surface area contributed by atoms with Crippen LogP contribution >= 0.6 is 0 Å². The van der Waals surface area contributed by atoms with Crippen LogP contribution in [-0.2, 0) is 0 Å². The molecule has 208 valence electrons. The molecule has 0 N–H and O–H groups in total. The van der Waals surface area contributed by atoms with Crippen molar-refractivity contribution in [2.24, 2.45) is 29.6 Å². The molecule has 2 saturated carbocycles. The molecule has 35 heavy (non-hydrogen) atoms. The van der Waals surface area contributed by atoms with Gasteiger partial charge in [0.05, 0.1) is 0 Å². The molecule has 0 aromatic heterocycles. The highest BCUT2D eigenvalue weighted by Gasteiger charge is 2.35. The molecule has 0 spiro atoms. The Labute approximate surface area is 223 Å². The first-order chi connectivity index (χ1) is 17.2. The lowest BCUT2D eigenvalue weighted by Crippen LogP contribution is -1.95. The van der Waals surface area contributed by atoms with E-state index in [1.54, 1.807) is 32.1 Å². The van der Waals surface area contributed by atoms with Crippen LogP contribution in [0.2, 0.25) is 0 Å². The minimum Gasteiger partial charge on any atom is -0.0654 e. The Morgan fingerprint density at radius 2 is 0.771 bits per heavy atom. The zero-order chi connectivity index (χ0) is 25.0. The van der Waals surface area contributed by atoms with Crippen molar-refractivity contribution < 1.29 is 0 Å². The van der Waals surface area contributed by atoms with Crippen molar-refractivity contribution in [3.8, 4) is 0 Å². The summed E-state index contributed by atoms with van der Waals surface area (Å²) in [5.74, 6) is 5.48. The zero-order valence-electron chi connectivity index (χ0n) is 25.0. The Kier molecular flexibility index (Phi) is 18.7. The summed E-state index contributed by atoms with van der Waals surface area (Å²) >= 11 is 0. The van der Waals surface area contributed by atoms with Crippen LogP contribution in [0.1, 0.15) is 194 Å². The van der Waals surface area contributed by atoms with E-state index >= 15 is 0 Å². The van der Waals surface area contributed by atoms with Gasteiger partial charge in [0.2, 0.25) is 0 Å². The summed E-state index contributed by atoms with van der Waals surface area (Å²) in [4.78, 5) is 0. The molecule has 0 heterocycles. The average Bonchev–Trinajstić information content (AvgIpc) is 3.78. The fraction of sp³-hybridized carbons (Fsp3) is 1.00. The van der Waals surface area contributed by atoms with Crippen molar-refractivity contribution in [2.75, 3.05) is 0 Å². The van der Waals surface area contributed by atoms with Crippen LogP contribution in [0.25, 0.3) is 0 Å². The second-order valence-electron chi connectivity index (χ2n) is 13.3. The second-order valence-corrected chi connectivity index (χ2v) is 13.3. The van der Waals surface area contributed by atoms with Crippen LogP contribution in [0.15, 0.2) is 0 Å². The van der Waals surface area contributed by atoms with Gasteiger partial charge in [0.15, 0.2) is 0 Å². The van der Waals surface area contributed by atoms with Gasteiger partial charge < -0.3 is 0 Å². The molecule has 2 fully saturated rings. The Balaban J connectivity index is 1.22. The lowest BCUT2D eigenvalue weighted by atomic mass is 9.96. The Morgan fingerprint density at radius 3 is 1.17 bits per heavy atom. The molecule has 2 rings (SSSR count). The second kappa shape index (κ2) is 21.0. The van der Waals surface area contributed by atoms with Crippen LogP contribution < -0.4 is 0 Å². The molecule has 0 nitrogen and oxygen atoms in total. The van der Waals surface area contributed by atoms with E-state index in [1.165, 1.54) is 141 Å². The number of rotatable bonds is 27. The lowest BCUT2D eigenvalue weighted by molar-refractivity contribution is 0.430. The number of unbranched alkanes of at least 4 members (excludes halogenated alkanes) is 16.